The van der Waals surface area contributed by atoms with E-state index in [1.165, 1.54) is 13.2 Å². The van der Waals surface area contributed by atoms with Gasteiger partial charge >= 0.3 is 0 Å². The minimum Gasteiger partial charge on any atom is -0.496 e. The van der Waals surface area contributed by atoms with Crippen molar-refractivity contribution in [3.8, 4) is 17.6 Å². The van der Waals surface area contributed by atoms with E-state index in [1.54, 1.807) is 25.1 Å². The molecule has 1 aliphatic rings. The van der Waals surface area contributed by atoms with Gasteiger partial charge in [0.15, 0.2) is 0 Å². The Hall–Kier alpha value is -2.92. The number of fused-ring (bicyclic) bond motifs is 1. The first-order valence-corrected chi connectivity index (χ1v) is 8.05. The van der Waals surface area contributed by atoms with Crippen molar-refractivity contribution in [3.05, 3.63) is 67.4 Å². The van der Waals surface area contributed by atoms with Gasteiger partial charge in [-0.2, -0.15) is 9.99 Å². The number of nitriles is 1. The molecule has 1 aromatic carbocycles. The van der Waals surface area contributed by atoms with Crippen LogP contribution in [0.2, 0.25) is 0 Å². The Morgan fingerprint density at radius 2 is 2.16 bits per heavy atom. The van der Waals surface area contributed by atoms with Gasteiger partial charge in [0, 0.05) is 16.1 Å². The molecule has 0 bridgehead atoms. The van der Waals surface area contributed by atoms with Crippen molar-refractivity contribution in [1.29, 1.82) is 5.26 Å². The average Bonchev–Trinajstić information content (AvgIpc) is 2.58. The van der Waals surface area contributed by atoms with Crippen molar-refractivity contribution in [2.24, 2.45) is 5.73 Å². The molecule has 2 aromatic rings. The number of hydrogen-bond acceptors (Lipinski definition) is 6. The number of hydrogen-bond donors (Lipinski definition) is 2. The zero-order chi connectivity index (χ0) is 18.3. The third kappa shape index (κ3) is 2.62. The van der Waals surface area contributed by atoms with E-state index in [0.29, 0.717) is 16.0 Å². The van der Waals surface area contributed by atoms with Crippen molar-refractivity contribution in [1.82, 2.24) is 4.73 Å². The lowest BCUT2D eigenvalue weighted by Gasteiger charge is -2.27. The Morgan fingerprint density at radius 3 is 2.80 bits per heavy atom. The summed E-state index contributed by atoms with van der Waals surface area (Å²) in [6, 6.07) is 8.73. The van der Waals surface area contributed by atoms with Gasteiger partial charge in [-0.1, -0.05) is 15.9 Å². The van der Waals surface area contributed by atoms with E-state index < -0.39 is 11.5 Å². The first-order chi connectivity index (χ1) is 11.9. The molecule has 25 heavy (non-hydrogen) atoms. The highest BCUT2D eigenvalue weighted by molar-refractivity contribution is 9.10. The van der Waals surface area contributed by atoms with Crippen LogP contribution < -0.4 is 20.8 Å². The predicted octanol–water partition coefficient (Wildman–Crippen LogP) is 2.38. The molecule has 1 atom stereocenters. The molecule has 0 spiro atoms. The Bertz CT molecular complexity index is 1000. The fourth-order valence-corrected chi connectivity index (χ4v) is 3.26. The highest BCUT2D eigenvalue weighted by Crippen LogP contribution is 2.44. The van der Waals surface area contributed by atoms with Crippen LogP contribution in [0.5, 0.6) is 11.5 Å². The summed E-state index contributed by atoms with van der Waals surface area (Å²) in [6.07, 6.45) is 0. The van der Waals surface area contributed by atoms with E-state index in [2.05, 4.69) is 15.9 Å². The standard InChI is InChI=1S/C17H14BrN3O4/c1-8-5-13-15(17(22)21(8)23)14(11(7-19)16(20)25-13)10-6-9(18)3-4-12(10)24-2/h3-6,14,23H,20H2,1-2H3. The van der Waals surface area contributed by atoms with Gasteiger partial charge in [0.1, 0.15) is 23.1 Å². The molecule has 0 amide bonds. The lowest BCUT2D eigenvalue weighted by atomic mass is 9.83. The van der Waals surface area contributed by atoms with Gasteiger partial charge in [-0.15, -0.1) is 0 Å². The molecule has 0 saturated carbocycles. The van der Waals surface area contributed by atoms with E-state index in [9.17, 15) is 15.3 Å². The van der Waals surface area contributed by atoms with Crippen LogP contribution in [-0.4, -0.2) is 17.0 Å². The Balaban J connectivity index is 2.40. The summed E-state index contributed by atoms with van der Waals surface area (Å²) in [6.45, 7) is 1.56. The van der Waals surface area contributed by atoms with Crippen LogP contribution in [0.3, 0.4) is 0 Å². The van der Waals surface area contributed by atoms with Gasteiger partial charge in [0.25, 0.3) is 5.56 Å². The monoisotopic (exact) mass is 403 g/mol. The number of pyridine rings is 1. The highest BCUT2D eigenvalue weighted by atomic mass is 79.9. The van der Waals surface area contributed by atoms with Gasteiger partial charge in [-0.05, 0) is 25.1 Å². The second-order valence-electron chi connectivity index (χ2n) is 5.49. The molecule has 1 unspecified atom stereocenters. The lowest BCUT2D eigenvalue weighted by molar-refractivity contribution is 0.165. The highest BCUT2D eigenvalue weighted by Gasteiger charge is 2.36. The number of benzene rings is 1. The smallest absolute Gasteiger partial charge is 0.291 e. The molecule has 1 aliphatic heterocycles. The Morgan fingerprint density at radius 1 is 1.44 bits per heavy atom. The quantitative estimate of drug-likeness (QED) is 0.744. The summed E-state index contributed by atoms with van der Waals surface area (Å²) in [4.78, 5) is 12.7. The van der Waals surface area contributed by atoms with Crippen molar-refractivity contribution in [3.63, 3.8) is 0 Å². The van der Waals surface area contributed by atoms with Gasteiger partial charge < -0.3 is 20.4 Å². The molecule has 2 heterocycles. The molecule has 0 saturated heterocycles. The van der Waals surface area contributed by atoms with Crippen LogP contribution in [-0.2, 0) is 0 Å². The number of nitrogens with zero attached hydrogens (tertiary/aromatic N) is 2. The molecule has 1 aromatic heterocycles. The molecule has 0 fully saturated rings. The van der Waals surface area contributed by atoms with E-state index in [4.69, 9.17) is 15.2 Å². The number of aryl methyl sites for hydroxylation is 1. The van der Waals surface area contributed by atoms with Crippen LogP contribution in [0.1, 0.15) is 22.7 Å². The van der Waals surface area contributed by atoms with Crippen LogP contribution in [0, 0.1) is 18.3 Å². The lowest BCUT2D eigenvalue weighted by Crippen LogP contribution is -2.32. The molecular weight excluding hydrogens is 390 g/mol. The minimum absolute atomic E-state index is 0.0739. The number of methoxy groups -OCH3 is 1. The fourth-order valence-electron chi connectivity index (χ4n) is 2.88. The first kappa shape index (κ1) is 16.9. The van der Waals surface area contributed by atoms with E-state index in [1.807, 2.05) is 6.07 Å². The van der Waals surface area contributed by atoms with Crippen LogP contribution in [0.25, 0.3) is 0 Å². The van der Waals surface area contributed by atoms with Gasteiger partial charge in [0.2, 0.25) is 5.88 Å². The molecule has 0 aliphatic carbocycles. The zero-order valence-corrected chi connectivity index (χ0v) is 15.0. The maximum Gasteiger partial charge on any atom is 0.291 e. The maximum absolute atomic E-state index is 12.7. The molecular formula is C17H14BrN3O4. The molecule has 8 heteroatoms. The summed E-state index contributed by atoms with van der Waals surface area (Å²) in [5, 5.41) is 19.6. The predicted molar refractivity (Wildman–Crippen MR) is 92.6 cm³/mol. The van der Waals surface area contributed by atoms with Crippen molar-refractivity contribution < 1.29 is 14.7 Å². The molecule has 7 nitrogen and oxygen atoms in total. The van der Waals surface area contributed by atoms with Crippen LogP contribution >= 0.6 is 15.9 Å². The Kier molecular flexibility index (Phi) is 4.18. The van der Waals surface area contributed by atoms with Crippen molar-refractivity contribution in [2.45, 2.75) is 12.8 Å². The van der Waals surface area contributed by atoms with Gasteiger partial charge in [-0.25, -0.2) is 0 Å². The van der Waals surface area contributed by atoms with Crippen molar-refractivity contribution >= 4 is 15.9 Å². The molecule has 3 rings (SSSR count). The number of rotatable bonds is 2. The molecule has 0 radical (unpaired) electrons. The zero-order valence-electron chi connectivity index (χ0n) is 13.4. The summed E-state index contributed by atoms with van der Waals surface area (Å²) in [5.74, 6) is -0.230. The number of aromatic nitrogens is 1. The SMILES string of the molecule is COc1ccc(Br)cc1C1C(C#N)=C(N)Oc2cc(C)n(O)c(=O)c21. The van der Waals surface area contributed by atoms with Gasteiger partial charge in [-0.3, -0.25) is 4.79 Å². The third-order valence-electron chi connectivity index (χ3n) is 4.05. The first-order valence-electron chi connectivity index (χ1n) is 7.25. The second kappa shape index (κ2) is 6.18. The number of halogens is 1. The molecule has 3 N–H and O–H groups in total. The topological polar surface area (TPSA) is 110 Å². The van der Waals surface area contributed by atoms with E-state index in [0.717, 1.165) is 4.47 Å². The van der Waals surface area contributed by atoms with Crippen LogP contribution in [0.15, 0.2) is 45.0 Å². The largest absolute Gasteiger partial charge is 0.496 e. The summed E-state index contributed by atoms with van der Waals surface area (Å²) in [5.41, 5.74) is 6.27. The summed E-state index contributed by atoms with van der Waals surface area (Å²) < 4.78 is 12.1. The fraction of sp³-hybridized carbons (Fsp3) is 0.176. The minimum atomic E-state index is -0.826. The second-order valence-corrected chi connectivity index (χ2v) is 6.41. The number of ether oxygens (including phenoxy) is 2. The summed E-state index contributed by atoms with van der Waals surface area (Å²) >= 11 is 3.38. The van der Waals surface area contributed by atoms with Crippen LogP contribution in [0.4, 0.5) is 0 Å². The van der Waals surface area contributed by atoms with E-state index in [-0.39, 0.29) is 28.5 Å². The Labute approximate surface area is 151 Å². The third-order valence-corrected chi connectivity index (χ3v) is 4.54. The summed E-state index contributed by atoms with van der Waals surface area (Å²) in [7, 11) is 1.49. The van der Waals surface area contributed by atoms with E-state index >= 15 is 0 Å². The average molecular weight is 404 g/mol. The maximum atomic E-state index is 12.7. The van der Waals surface area contributed by atoms with Gasteiger partial charge in [0.05, 0.1) is 24.3 Å². The number of nitrogens with two attached hydrogens (primary N) is 1. The van der Waals surface area contributed by atoms with Crippen molar-refractivity contribution in [2.75, 3.05) is 7.11 Å². The number of allylic oxidation sites excluding steroid dienone is 1. The molecule has 128 valence electrons. The normalized spacial score (nSPS) is 16.0.